The van der Waals surface area contributed by atoms with Gasteiger partial charge in [0.1, 0.15) is 5.75 Å². The zero-order chi connectivity index (χ0) is 20.1. The molecule has 5 nitrogen and oxygen atoms in total. The molecule has 1 fully saturated rings. The Bertz CT molecular complexity index is 861. The number of benzene rings is 2. The zero-order valence-corrected chi connectivity index (χ0v) is 17.2. The van der Waals surface area contributed by atoms with E-state index in [0.29, 0.717) is 17.0 Å². The monoisotopic (exact) mass is 419 g/mol. The number of amides is 1. The van der Waals surface area contributed by atoms with Gasteiger partial charge in [-0.15, -0.1) is 0 Å². The van der Waals surface area contributed by atoms with Crippen molar-refractivity contribution in [3.63, 3.8) is 0 Å². The number of nitrogens with zero attached hydrogens (tertiary/aromatic N) is 3. The van der Waals surface area contributed by atoms with Gasteiger partial charge in [0, 0.05) is 55.1 Å². The van der Waals surface area contributed by atoms with E-state index in [-0.39, 0.29) is 16.7 Å². The summed E-state index contributed by atoms with van der Waals surface area (Å²) in [6, 6.07) is 11.0. The Hall–Kier alpha value is -2.24. The summed E-state index contributed by atoms with van der Waals surface area (Å²) in [7, 11) is 0. The number of aliphatic imine (C=N–C) groups is 1. The number of anilines is 1. The van der Waals surface area contributed by atoms with E-state index in [2.05, 4.69) is 9.89 Å². The molecule has 0 radical (unpaired) electrons. The van der Waals surface area contributed by atoms with Crippen LogP contribution in [0.25, 0.3) is 0 Å². The standard InChI is InChI=1S/C21H23Cl2N3O2/c1-2-3-20(27)26-10-8-25(9-11-26)18-6-4-17(5-7-18)24-14-15-12-16(22)13-19(23)21(15)28/h4-7,12-14,28H,2-3,8-11H2,1H3. The lowest BCUT2D eigenvalue weighted by Crippen LogP contribution is -2.48. The summed E-state index contributed by atoms with van der Waals surface area (Å²) in [5, 5.41) is 10.6. The van der Waals surface area contributed by atoms with Gasteiger partial charge in [-0.1, -0.05) is 30.1 Å². The zero-order valence-electron chi connectivity index (χ0n) is 15.7. The molecule has 0 spiro atoms. The predicted octanol–water partition coefficient (Wildman–Crippen LogP) is 4.90. The molecule has 148 valence electrons. The van der Waals surface area contributed by atoms with Gasteiger partial charge in [0.2, 0.25) is 5.91 Å². The lowest BCUT2D eigenvalue weighted by molar-refractivity contribution is -0.131. The minimum atomic E-state index is -0.0399. The van der Waals surface area contributed by atoms with Gasteiger partial charge in [-0.3, -0.25) is 9.79 Å². The van der Waals surface area contributed by atoms with Gasteiger partial charge in [0.25, 0.3) is 0 Å². The maximum atomic E-state index is 12.0. The van der Waals surface area contributed by atoms with Crippen LogP contribution in [-0.2, 0) is 4.79 Å². The minimum absolute atomic E-state index is 0.0399. The average Bonchev–Trinajstić information content (AvgIpc) is 2.70. The van der Waals surface area contributed by atoms with E-state index in [4.69, 9.17) is 23.2 Å². The van der Waals surface area contributed by atoms with Crippen molar-refractivity contribution in [2.45, 2.75) is 19.8 Å². The van der Waals surface area contributed by atoms with E-state index in [0.717, 1.165) is 44.0 Å². The molecule has 1 N–H and O–H groups in total. The van der Waals surface area contributed by atoms with Crippen molar-refractivity contribution in [2.75, 3.05) is 31.1 Å². The Morgan fingerprint density at radius 1 is 1.14 bits per heavy atom. The molecule has 3 rings (SSSR count). The fourth-order valence-corrected chi connectivity index (χ4v) is 3.67. The lowest BCUT2D eigenvalue weighted by Gasteiger charge is -2.36. The minimum Gasteiger partial charge on any atom is -0.506 e. The first-order valence-corrected chi connectivity index (χ1v) is 10.1. The first kappa shape index (κ1) is 20.5. The van der Waals surface area contributed by atoms with E-state index in [9.17, 15) is 9.90 Å². The van der Waals surface area contributed by atoms with Crippen LogP contribution in [0, 0.1) is 0 Å². The quantitative estimate of drug-likeness (QED) is 0.701. The van der Waals surface area contributed by atoms with Gasteiger partial charge >= 0.3 is 0 Å². The highest BCUT2D eigenvalue weighted by Gasteiger charge is 2.20. The molecule has 28 heavy (non-hydrogen) atoms. The summed E-state index contributed by atoms with van der Waals surface area (Å²) in [4.78, 5) is 20.6. The van der Waals surface area contributed by atoms with Gasteiger partial charge in [0.15, 0.2) is 0 Å². The average molecular weight is 420 g/mol. The number of carbonyl (C=O) groups is 1. The third-order valence-electron chi connectivity index (χ3n) is 4.72. The van der Waals surface area contributed by atoms with Crippen LogP contribution in [0.1, 0.15) is 25.3 Å². The summed E-state index contributed by atoms with van der Waals surface area (Å²) in [6.07, 6.45) is 3.06. The number of carbonyl (C=O) groups excluding carboxylic acids is 1. The Labute approximate surface area is 175 Å². The smallest absolute Gasteiger partial charge is 0.222 e. The van der Waals surface area contributed by atoms with E-state index in [1.54, 1.807) is 12.3 Å². The number of phenolic OH excluding ortho intramolecular Hbond substituents is 1. The Kier molecular flexibility index (Phi) is 6.81. The number of aromatic hydroxyl groups is 1. The first-order chi connectivity index (χ1) is 13.5. The van der Waals surface area contributed by atoms with Crippen LogP contribution in [0.15, 0.2) is 41.4 Å². The van der Waals surface area contributed by atoms with Crippen LogP contribution < -0.4 is 4.90 Å². The number of hydrogen-bond acceptors (Lipinski definition) is 4. The number of rotatable bonds is 5. The molecule has 1 heterocycles. The molecule has 0 atom stereocenters. The van der Waals surface area contributed by atoms with Crippen molar-refractivity contribution in [3.8, 4) is 5.75 Å². The Morgan fingerprint density at radius 3 is 2.46 bits per heavy atom. The topological polar surface area (TPSA) is 56.1 Å². The second-order valence-corrected chi connectivity index (χ2v) is 7.56. The summed E-state index contributed by atoms with van der Waals surface area (Å²) < 4.78 is 0. The summed E-state index contributed by atoms with van der Waals surface area (Å²) in [6.45, 7) is 5.20. The van der Waals surface area contributed by atoms with Gasteiger partial charge in [0.05, 0.1) is 10.7 Å². The molecule has 0 aliphatic carbocycles. The fourth-order valence-electron chi connectivity index (χ4n) is 3.16. The molecule has 1 amide bonds. The third kappa shape index (κ3) is 4.97. The maximum absolute atomic E-state index is 12.0. The maximum Gasteiger partial charge on any atom is 0.222 e. The first-order valence-electron chi connectivity index (χ1n) is 9.33. The number of hydrogen-bond donors (Lipinski definition) is 1. The predicted molar refractivity (Wildman–Crippen MR) is 116 cm³/mol. The highest BCUT2D eigenvalue weighted by Crippen LogP contribution is 2.30. The largest absolute Gasteiger partial charge is 0.506 e. The van der Waals surface area contributed by atoms with Gasteiger partial charge < -0.3 is 14.9 Å². The van der Waals surface area contributed by atoms with Crippen molar-refractivity contribution in [2.24, 2.45) is 4.99 Å². The molecule has 7 heteroatoms. The van der Waals surface area contributed by atoms with Crippen LogP contribution in [-0.4, -0.2) is 48.3 Å². The van der Waals surface area contributed by atoms with Crippen LogP contribution in [0.2, 0.25) is 10.0 Å². The number of phenols is 1. The molecule has 0 saturated carbocycles. The van der Waals surface area contributed by atoms with E-state index in [1.807, 2.05) is 36.1 Å². The molecular formula is C21H23Cl2N3O2. The molecule has 0 aromatic heterocycles. The van der Waals surface area contributed by atoms with E-state index < -0.39 is 0 Å². The van der Waals surface area contributed by atoms with Crippen molar-refractivity contribution in [1.29, 1.82) is 0 Å². The van der Waals surface area contributed by atoms with Crippen molar-refractivity contribution in [1.82, 2.24) is 4.90 Å². The fraction of sp³-hybridized carbons (Fsp3) is 0.333. The second kappa shape index (κ2) is 9.30. The molecule has 1 saturated heterocycles. The number of piperazine rings is 1. The van der Waals surface area contributed by atoms with Crippen molar-refractivity contribution in [3.05, 3.63) is 52.0 Å². The summed E-state index contributed by atoms with van der Waals surface area (Å²) >= 11 is 11.9. The SMILES string of the molecule is CCCC(=O)N1CCN(c2ccc(N=Cc3cc(Cl)cc(Cl)c3O)cc2)CC1. The third-order valence-corrected chi connectivity index (χ3v) is 5.23. The van der Waals surface area contributed by atoms with Crippen molar-refractivity contribution < 1.29 is 9.90 Å². The molecule has 0 bridgehead atoms. The highest BCUT2D eigenvalue weighted by molar-refractivity contribution is 6.36. The summed E-state index contributed by atoms with van der Waals surface area (Å²) in [5.74, 6) is 0.207. The molecule has 2 aromatic rings. The van der Waals surface area contributed by atoms with E-state index in [1.165, 1.54) is 6.07 Å². The van der Waals surface area contributed by atoms with Crippen LogP contribution >= 0.6 is 23.2 Å². The van der Waals surface area contributed by atoms with Gasteiger partial charge in [-0.2, -0.15) is 0 Å². The molecule has 2 aromatic carbocycles. The molecule has 1 aliphatic rings. The lowest BCUT2D eigenvalue weighted by atomic mass is 10.2. The molecule has 0 unspecified atom stereocenters. The van der Waals surface area contributed by atoms with Crippen LogP contribution in [0.3, 0.4) is 0 Å². The van der Waals surface area contributed by atoms with Crippen molar-refractivity contribution >= 4 is 46.7 Å². The normalized spacial score (nSPS) is 14.7. The number of halogens is 2. The second-order valence-electron chi connectivity index (χ2n) is 6.72. The van der Waals surface area contributed by atoms with Gasteiger partial charge in [-0.25, -0.2) is 0 Å². The van der Waals surface area contributed by atoms with Gasteiger partial charge in [-0.05, 0) is 42.8 Å². The Balaban J connectivity index is 1.62. The van der Waals surface area contributed by atoms with Crippen LogP contribution in [0.5, 0.6) is 5.75 Å². The highest BCUT2D eigenvalue weighted by atomic mass is 35.5. The van der Waals surface area contributed by atoms with E-state index >= 15 is 0 Å². The summed E-state index contributed by atoms with van der Waals surface area (Å²) in [5.41, 5.74) is 2.33. The Morgan fingerprint density at radius 2 is 1.82 bits per heavy atom. The molecular weight excluding hydrogens is 397 g/mol. The van der Waals surface area contributed by atoms with Crippen LogP contribution in [0.4, 0.5) is 11.4 Å². The molecule has 1 aliphatic heterocycles.